The molecule has 2 aromatic carbocycles. The van der Waals surface area contributed by atoms with Crippen LogP contribution in [0.5, 0.6) is 11.5 Å². The quantitative estimate of drug-likeness (QED) is 0.348. The number of aryl methyl sites for hydroxylation is 2. The highest BCUT2D eigenvalue weighted by Crippen LogP contribution is 2.33. The zero-order valence-corrected chi connectivity index (χ0v) is 19.5. The van der Waals surface area contributed by atoms with E-state index in [9.17, 15) is 0 Å². The van der Waals surface area contributed by atoms with E-state index in [1.54, 1.807) is 25.6 Å². The molecule has 166 valence electrons. The van der Waals surface area contributed by atoms with E-state index < -0.39 is 0 Å². The fourth-order valence-corrected chi connectivity index (χ4v) is 4.55. The Hall–Kier alpha value is -3.32. The third-order valence-corrected chi connectivity index (χ3v) is 6.27. The summed E-state index contributed by atoms with van der Waals surface area (Å²) in [4.78, 5) is 10.1. The fraction of sp³-hybridized carbons (Fsp3) is 0.280. The van der Waals surface area contributed by atoms with Gasteiger partial charge in [-0.2, -0.15) is 0 Å². The van der Waals surface area contributed by atoms with Crippen molar-refractivity contribution in [1.82, 2.24) is 14.1 Å². The van der Waals surface area contributed by atoms with Crippen LogP contribution in [0.3, 0.4) is 0 Å². The van der Waals surface area contributed by atoms with Crippen LogP contribution >= 0.6 is 11.3 Å². The first-order chi connectivity index (χ1) is 15.7. The SMILES string of the molecule is CCc1ccc(N=c2scc(-c3ccc(OC)cc3OC)n2CCCn2ccnc2)cc1. The molecule has 32 heavy (non-hydrogen) atoms. The minimum Gasteiger partial charge on any atom is -0.497 e. The number of thiazole rings is 1. The van der Waals surface area contributed by atoms with Gasteiger partial charge in [0.2, 0.25) is 0 Å². The number of hydrogen-bond acceptors (Lipinski definition) is 5. The number of hydrogen-bond donors (Lipinski definition) is 0. The predicted molar refractivity (Wildman–Crippen MR) is 129 cm³/mol. The Labute approximate surface area is 192 Å². The predicted octanol–water partition coefficient (Wildman–Crippen LogP) is 5.32. The van der Waals surface area contributed by atoms with E-state index in [-0.39, 0.29) is 0 Å². The highest BCUT2D eigenvalue weighted by atomic mass is 32.1. The number of aromatic nitrogens is 3. The first-order valence-corrected chi connectivity index (χ1v) is 11.6. The van der Waals surface area contributed by atoms with Gasteiger partial charge in [-0.25, -0.2) is 9.98 Å². The van der Waals surface area contributed by atoms with Crippen LogP contribution in [0.15, 0.2) is 71.6 Å². The van der Waals surface area contributed by atoms with Crippen molar-refractivity contribution in [1.29, 1.82) is 0 Å². The molecule has 0 radical (unpaired) electrons. The monoisotopic (exact) mass is 448 g/mol. The Bertz CT molecular complexity index is 1210. The molecule has 0 spiro atoms. The van der Waals surface area contributed by atoms with Gasteiger partial charge in [0.05, 0.1) is 31.9 Å². The van der Waals surface area contributed by atoms with Crippen LogP contribution < -0.4 is 14.3 Å². The smallest absolute Gasteiger partial charge is 0.190 e. The van der Waals surface area contributed by atoms with Crippen molar-refractivity contribution < 1.29 is 9.47 Å². The summed E-state index contributed by atoms with van der Waals surface area (Å²) in [5, 5.41) is 2.15. The maximum atomic E-state index is 5.68. The third kappa shape index (κ3) is 4.94. The van der Waals surface area contributed by atoms with Gasteiger partial charge in [0.25, 0.3) is 0 Å². The van der Waals surface area contributed by atoms with Gasteiger partial charge in [-0.05, 0) is 42.7 Å². The average molecular weight is 449 g/mol. The van der Waals surface area contributed by atoms with Crippen molar-refractivity contribution in [2.45, 2.75) is 32.9 Å². The summed E-state index contributed by atoms with van der Waals surface area (Å²) in [6.07, 6.45) is 7.64. The van der Waals surface area contributed by atoms with Crippen LogP contribution in [-0.4, -0.2) is 28.3 Å². The molecule has 6 nitrogen and oxygen atoms in total. The average Bonchev–Trinajstić information content (AvgIpc) is 3.49. The summed E-state index contributed by atoms with van der Waals surface area (Å²) >= 11 is 1.64. The van der Waals surface area contributed by atoms with Gasteiger partial charge in [-0.3, -0.25) is 0 Å². The van der Waals surface area contributed by atoms with E-state index in [0.717, 1.165) is 59.2 Å². The van der Waals surface area contributed by atoms with Crippen molar-refractivity contribution in [3.63, 3.8) is 0 Å². The number of ether oxygens (including phenoxy) is 2. The maximum Gasteiger partial charge on any atom is 0.190 e. The molecule has 7 heteroatoms. The molecule has 0 fully saturated rings. The van der Waals surface area contributed by atoms with Crippen LogP contribution in [0.4, 0.5) is 5.69 Å². The van der Waals surface area contributed by atoms with Crippen molar-refractivity contribution in [2.24, 2.45) is 4.99 Å². The highest BCUT2D eigenvalue weighted by Gasteiger charge is 2.14. The van der Waals surface area contributed by atoms with E-state index >= 15 is 0 Å². The molecule has 0 amide bonds. The van der Waals surface area contributed by atoms with Crippen molar-refractivity contribution in [2.75, 3.05) is 14.2 Å². The van der Waals surface area contributed by atoms with E-state index in [1.807, 2.05) is 36.9 Å². The lowest BCUT2D eigenvalue weighted by molar-refractivity contribution is 0.395. The topological polar surface area (TPSA) is 53.6 Å². The molecule has 4 rings (SSSR count). The van der Waals surface area contributed by atoms with Crippen LogP contribution in [0.25, 0.3) is 11.3 Å². The van der Waals surface area contributed by atoms with Crippen LogP contribution in [-0.2, 0) is 19.5 Å². The molecule has 0 saturated carbocycles. The molecule has 0 unspecified atom stereocenters. The minimum atomic E-state index is 0.772. The van der Waals surface area contributed by atoms with E-state index in [2.05, 4.69) is 50.7 Å². The molecule has 0 aliphatic carbocycles. The number of imidazole rings is 1. The Kier molecular flexibility index (Phi) is 7.07. The Morgan fingerprint density at radius 3 is 2.56 bits per heavy atom. The summed E-state index contributed by atoms with van der Waals surface area (Å²) in [6.45, 7) is 3.89. The zero-order valence-electron chi connectivity index (χ0n) is 18.7. The molecule has 0 bridgehead atoms. The minimum absolute atomic E-state index is 0.772. The fourth-order valence-electron chi connectivity index (χ4n) is 3.61. The van der Waals surface area contributed by atoms with E-state index in [4.69, 9.17) is 14.5 Å². The van der Waals surface area contributed by atoms with E-state index in [1.165, 1.54) is 5.56 Å². The summed E-state index contributed by atoms with van der Waals surface area (Å²) in [5.74, 6) is 1.55. The second-order valence-electron chi connectivity index (χ2n) is 7.41. The summed E-state index contributed by atoms with van der Waals surface area (Å²) < 4.78 is 15.4. The van der Waals surface area contributed by atoms with Gasteiger partial charge in [-0.1, -0.05) is 19.1 Å². The molecule has 0 aliphatic rings. The van der Waals surface area contributed by atoms with Gasteiger partial charge < -0.3 is 18.6 Å². The van der Waals surface area contributed by atoms with Gasteiger partial charge in [-0.15, -0.1) is 11.3 Å². The lowest BCUT2D eigenvalue weighted by Crippen LogP contribution is -2.17. The Balaban J connectivity index is 1.73. The number of methoxy groups -OCH3 is 2. The first-order valence-electron chi connectivity index (χ1n) is 10.7. The standard InChI is InChI=1S/C25H28N4O2S/c1-4-19-6-8-20(9-7-19)27-25-29(14-5-13-28-15-12-26-18-28)23(17-32-25)22-11-10-21(30-2)16-24(22)31-3/h6-12,15-18H,4-5,13-14H2,1-3H3. The molecule has 0 atom stereocenters. The molecule has 2 aromatic heterocycles. The third-order valence-electron chi connectivity index (χ3n) is 5.41. The molecule has 0 saturated heterocycles. The van der Waals surface area contributed by atoms with Crippen molar-refractivity contribution in [3.05, 3.63) is 76.9 Å². The van der Waals surface area contributed by atoms with E-state index in [0.29, 0.717) is 0 Å². The number of benzene rings is 2. The second-order valence-corrected chi connectivity index (χ2v) is 8.24. The van der Waals surface area contributed by atoms with Crippen LogP contribution in [0.1, 0.15) is 18.9 Å². The van der Waals surface area contributed by atoms with Crippen LogP contribution in [0, 0.1) is 0 Å². The van der Waals surface area contributed by atoms with Gasteiger partial charge in [0.1, 0.15) is 11.5 Å². The largest absolute Gasteiger partial charge is 0.497 e. The van der Waals surface area contributed by atoms with Crippen molar-refractivity contribution >= 4 is 17.0 Å². The normalized spacial score (nSPS) is 11.7. The van der Waals surface area contributed by atoms with Gasteiger partial charge in [0.15, 0.2) is 4.80 Å². The van der Waals surface area contributed by atoms with Crippen molar-refractivity contribution in [3.8, 4) is 22.8 Å². The lowest BCUT2D eigenvalue weighted by Gasteiger charge is -2.13. The van der Waals surface area contributed by atoms with Gasteiger partial charge >= 0.3 is 0 Å². The summed E-state index contributed by atoms with van der Waals surface area (Å²) in [5.41, 5.74) is 4.38. The van der Waals surface area contributed by atoms with Crippen LogP contribution in [0.2, 0.25) is 0 Å². The second kappa shape index (κ2) is 10.3. The zero-order chi connectivity index (χ0) is 22.3. The van der Waals surface area contributed by atoms with Gasteiger partial charge in [0, 0.05) is 42.5 Å². The molecule has 0 aliphatic heterocycles. The molecular weight excluding hydrogens is 420 g/mol. The Morgan fingerprint density at radius 1 is 1.03 bits per heavy atom. The Morgan fingerprint density at radius 2 is 1.88 bits per heavy atom. The molecular formula is C25H28N4O2S. The lowest BCUT2D eigenvalue weighted by atomic mass is 10.1. The maximum absolute atomic E-state index is 5.68. The first kappa shape index (κ1) is 21.9. The molecule has 2 heterocycles. The summed E-state index contributed by atoms with van der Waals surface area (Å²) in [7, 11) is 3.35. The number of rotatable bonds is 9. The number of nitrogens with zero attached hydrogens (tertiary/aromatic N) is 4. The molecule has 4 aromatic rings. The molecule has 0 N–H and O–H groups in total. The summed E-state index contributed by atoms with van der Waals surface area (Å²) in [6, 6.07) is 14.4. The highest BCUT2D eigenvalue weighted by molar-refractivity contribution is 7.07.